The Morgan fingerprint density at radius 1 is 1.56 bits per heavy atom. The molecule has 1 atom stereocenters. The van der Waals surface area contributed by atoms with Gasteiger partial charge < -0.3 is 10.6 Å². The van der Waals surface area contributed by atoms with Gasteiger partial charge in [0, 0.05) is 30.1 Å². The molecule has 2 rings (SSSR count). The van der Waals surface area contributed by atoms with E-state index in [4.69, 9.17) is 0 Å². The van der Waals surface area contributed by atoms with E-state index in [-0.39, 0.29) is 5.91 Å². The highest BCUT2D eigenvalue weighted by Crippen LogP contribution is 2.20. The summed E-state index contributed by atoms with van der Waals surface area (Å²) < 4.78 is 0.909. The number of nitrogens with zero attached hydrogens (tertiary/aromatic N) is 1. The van der Waals surface area contributed by atoms with Crippen LogP contribution in [-0.2, 0) is 4.79 Å². The zero-order valence-corrected chi connectivity index (χ0v) is 12.0. The molecular formula is C13H18BrN3O. The molecule has 1 aromatic carbocycles. The summed E-state index contributed by atoms with van der Waals surface area (Å²) >= 11 is 3.42. The van der Waals surface area contributed by atoms with Crippen LogP contribution in [0, 0.1) is 0 Å². The molecule has 1 unspecified atom stereocenters. The van der Waals surface area contributed by atoms with E-state index in [0.717, 1.165) is 29.8 Å². The van der Waals surface area contributed by atoms with E-state index in [0.29, 0.717) is 12.6 Å². The van der Waals surface area contributed by atoms with Crippen LogP contribution in [0.2, 0.25) is 0 Å². The first-order chi connectivity index (χ1) is 8.65. The highest BCUT2D eigenvalue weighted by Gasteiger charge is 2.18. The second-order valence-corrected chi connectivity index (χ2v) is 5.47. The van der Waals surface area contributed by atoms with Gasteiger partial charge in [-0.2, -0.15) is 0 Å². The van der Waals surface area contributed by atoms with Crippen molar-refractivity contribution in [2.75, 3.05) is 31.5 Å². The summed E-state index contributed by atoms with van der Waals surface area (Å²) in [5, 5.41) is 6.29. The minimum Gasteiger partial charge on any atom is -0.324 e. The largest absolute Gasteiger partial charge is 0.324 e. The molecule has 1 aliphatic rings. The number of carbonyl (C=O) groups is 1. The van der Waals surface area contributed by atoms with E-state index >= 15 is 0 Å². The molecule has 1 aliphatic heterocycles. The van der Waals surface area contributed by atoms with Crippen molar-refractivity contribution in [2.45, 2.75) is 13.0 Å². The van der Waals surface area contributed by atoms with Crippen molar-refractivity contribution in [3.63, 3.8) is 0 Å². The van der Waals surface area contributed by atoms with Crippen LogP contribution in [0.3, 0.4) is 0 Å². The lowest BCUT2D eigenvalue weighted by molar-refractivity contribution is -0.117. The van der Waals surface area contributed by atoms with Crippen molar-refractivity contribution in [1.82, 2.24) is 10.2 Å². The van der Waals surface area contributed by atoms with Crippen LogP contribution in [0.1, 0.15) is 6.92 Å². The van der Waals surface area contributed by atoms with Gasteiger partial charge in [0.05, 0.1) is 12.2 Å². The van der Waals surface area contributed by atoms with Crippen molar-refractivity contribution in [3.8, 4) is 0 Å². The number of benzene rings is 1. The number of rotatable bonds is 3. The molecule has 0 spiro atoms. The fourth-order valence-electron chi connectivity index (χ4n) is 2.11. The van der Waals surface area contributed by atoms with Crippen LogP contribution in [0.25, 0.3) is 0 Å². The van der Waals surface area contributed by atoms with Crippen molar-refractivity contribution in [2.24, 2.45) is 0 Å². The first-order valence-corrected chi connectivity index (χ1v) is 6.94. The van der Waals surface area contributed by atoms with E-state index in [1.165, 1.54) is 0 Å². The molecule has 2 N–H and O–H groups in total. The smallest absolute Gasteiger partial charge is 0.238 e. The summed E-state index contributed by atoms with van der Waals surface area (Å²) in [6.45, 7) is 5.38. The Bertz CT molecular complexity index is 424. The summed E-state index contributed by atoms with van der Waals surface area (Å²) in [4.78, 5) is 14.1. The number of nitrogens with one attached hydrogen (secondary N) is 2. The summed E-state index contributed by atoms with van der Waals surface area (Å²) in [5.74, 6) is 0.0380. The molecule has 4 nitrogen and oxygen atoms in total. The van der Waals surface area contributed by atoms with Crippen LogP contribution < -0.4 is 10.6 Å². The van der Waals surface area contributed by atoms with Crippen molar-refractivity contribution in [1.29, 1.82) is 0 Å². The maximum atomic E-state index is 11.9. The third-order valence-corrected chi connectivity index (χ3v) is 3.66. The van der Waals surface area contributed by atoms with Gasteiger partial charge >= 0.3 is 0 Å². The Kier molecular flexibility index (Phi) is 4.74. The third-order valence-electron chi connectivity index (χ3n) is 2.97. The first kappa shape index (κ1) is 13.5. The Hall–Kier alpha value is -0.910. The van der Waals surface area contributed by atoms with E-state index < -0.39 is 0 Å². The third kappa shape index (κ3) is 3.80. The Morgan fingerprint density at radius 2 is 2.33 bits per heavy atom. The molecule has 0 saturated carbocycles. The second kappa shape index (κ2) is 6.31. The minimum absolute atomic E-state index is 0.0380. The lowest BCUT2D eigenvalue weighted by Crippen LogP contribution is -2.51. The van der Waals surface area contributed by atoms with Crippen LogP contribution in [0.15, 0.2) is 28.7 Å². The molecule has 0 bridgehead atoms. The number of para-hydroxylation sites is 1. The van der Waals surface area contributed by atoms with Gasteiger partial charge in [0.25, 0.3) is 0 Å². The number of piperazine rings is 1. The number of anilines is 1. The van der Waals surface area contributed by atoms with Crippen LogP contribution in [-0.4, -0.2) is 43.0 Å². The van der Waals surface area contributed by atoms with E-state index in [9.17, 15) is 4.79 Å². The van der Waals surface area contributed by atoms with E-state index in [1.807, 2.05) is 24.3 Å². The van der Waals surface area contributed by atoms with Crippen LogP contribution in [0.4, 0.5) is 5.69 Å². The zero-order chi connectivity index (χ0) is 13.0. The summed E-state index contributed by atoms with van der Waals surface area (Å²) in [6, 6.07) is 8.10. The van der Waals surface area contributed by atoms with E-state index in [2.05, 4.69) is 38.4 Å². The van der Waals surface area contributed by atoms with Gasteiger partial charge in [0.15, 0.2) is 0 Å². The molecule has 1 aromatic rings. The first-order valence-electron chi connectivity index (χ1n) is 6.15. The maximum Gasteiger partial charge on any atom is 0.238 e. The molecule has 0 radical (unpaired) electrons. The standard InChI is InChI=1S/C13H18BrN3O/c1-10-8-17(7-6-15-10)9-13(18)16-12-5-3-2-4-11(12)14/h2-5,10,15H,6-9H2,1H3,(H,16,18). The lowest BCUT2D eigenvalue weighted by Gasteiger charge is -2.31. The molecule has 1 heterocycles. The fraction of sp³-hybridized carbons (Fsp3) is 0.462. The molecule has 0 aromatic heterocycles. The molecule has 1 amide bonds. The quantitative estimate of drug-likeness (QED) is 0.892. The molecule has 1 saturated heterocycles. The highest BCUT2D eigenvalue weighted by atomic mass is 79.9. The molecule has 98 valence electrons. The van der Waals surface area contributed by atoms with E-state index in [1.54, 1.807) is 0 Å². The molecule has 5 heteroatoms. The normalized spacial score (nSPS) is 20.7. The second-order valence-electron chi connectivity index (χ2n) is 4.62. The van der Waals surface area contributed by atoms with Gasteiger partial charge in [0.1, 0.15) is 0 Å². The minimum atomic E-state index is 0.0380. The predicted molar refractivity (Wildman–Crippen MR) is 76.7 cm³/mol. The molecule has 18 heavy (non-hydrogen) atoms. The SMILES string of the molecule is CC1CN(CC(=O)Nc2ccccc2Br)CCN1. The predicted octanol–water partition coefficient (Wildman–Crippen LogP) is 1.68. The number of halogens is 1. The number of amides is 1. The van der Waals surface area contributed by atoms with Gasteiger partial charge in [-0.1, -0.05) is 12.1 Å². The summed E-state index contributed by atoms with van der Waals surface area (Å²) in [5.41, 5.74) is 0.825. The molecular weight excluding hydrogens is 294 g/mol. The van der Waals surface area contributed by atoms with Crippen molar-refractivity contribution >= 4 is 27.5 Å². The van der Waals surface area contributed by atoms with Gasteiger partial charge in [-0.05, 0) is 35.0 Å². The topological polar surface area (TPSA) is 44.4 Å². The van der Waals surface area contributed by atoms with Gasteiger partial charge in [0.2, 0.25) is 5.91 Å². The lowest BCUT2D eigenvalue weighted by atomic mass is 10.2. The number of carbonyl (C=O) groups excluding carboxylic acids is 1. The highest BCUT2D eigenvalue weighted by molar-refractivity contribution is 9.10. The average molecular weight is 312 g/mol. The van der Waals surface area contributed by atoms with Gasteiger partial charge in [-0.25, -0.2) is 0 Å². The van der Waals surface area contributed by atoms with Crippen molar-refractivity contribution < 1.29 is 4.79 Å². The number of hydrogen-bond donors (Lipinski definition) is 2. The monoisotopic (exact) mass is 311 g/mol. The summed E-state index contributed by atoms with van der Waals surface area (Å²) in [7, 11) is 0. The summed E-state index contributed by atoms with van der Waals surface area (Å²) in [6.07, 6.45) is 0. The van der Waals surface area contributed by atoms with Gasteiger partial charge in [-0.15, -0.1) is 0 Å². The van der Waals surface area contributed by atoms with Gasteiger partial charge in [-0.3, -0.25) is 9.69 Å². The Morgan fingerprint density at radius 3 is 3.06 bits per heavy atom. The van der Waals surface area contributed by atoms with Crippen molar-refractivity contribution in [3.05, 3.63) is 28.7 Å². The molecule has 1 fully saturated rings. The Balaban J connectivity index is 1.87. The fourth-order valence-corrected chi connectivity index (χ4v) is 2.50. The van der Waals surface area contributed by atoms with Crippen LogP contribution >= 0.6 is 15.9 Å². The number of hydrogen-bond acceptors (Lipinski definition) is 3. The average Bonchev–Trinajstić information content (AvgIpc) is 2.32. The van der Waals surface area contributed by atoms with Crippen LogP contribution in [0.5, 0.6) is 0 Å². The molecule has 0 aliphatic carbocycles. The zero-order valence-electron chi connectivity index (χ0n) is 10.4. The maximum absolute atomic E-state index is 11.9. The Labute approximate surface area is 116 Å².